The zero-order valence-corrected chi connectivity index (χ0v) is 19.9. The Balaban J connectivity index is 0.000000501. The van der Waals surface area contributed by atoms with Gasteiger partial charge in [0.2, 0.25) is 0 Å². The van der Waals surface area contributed by atoms with Gasteiger partial charge in [0, 0.05) is 3.57 Å². The number of benzene rings is 2. The summed E-state index contributed by atoms with van der Waals surface area (Å²) < 4.78 is 6.83. The SMILES string of the molecule is O=C(O)C(=O)O.O=C(OCc1ccc(Cl)c(Cl)c1)C1(c2ccc(I)cc2)CCNCC1. The minimum atomic E-state index is -1.82. The number of ether oxygens (including phenoxy) is 1. The molecule has 0 aliphatic carbocycles. The van der Waals surface area contributed by atoms with Crippen molar-refractivity contribution in [2.24, 2.45) is 0 Å². The fraction of sp³-hybridized carbons (Fsp3) is 0.286. The maximum Gasteiger partial charge on any atom is 0.414 e. The van der Waals surface area contributed by atoms with Crippen LogP contribution in [0.2, 0.25) is 10.0 Å². The summed E-state index contributed by atoms with van der Waals surface area (Å²) in [6, 6.07) is 13.4. The van der Waals surface area contributed by atoms with Gasteiger partial charge >= 0.3 is 17.9 Å². The van der Waals surface area contributed by atoms with Crippen LogP contribution in [0.4, 0.5) is 0 Å². The number of hydrogen-bond acceptors (Lipinski definition) is 5. The van der Waals surface area contributed by atoms with Crippen LogP contribution in [0.15, 0.2) is 42.5 Å². The second-order valence-corrected chi connectivity index (χ2v) is 8.83. The molecule has 3 N–H and O–H groups in total. The van der Waals surface area contributed by atoms with E-state index in [1.54, 1.807) is 12.1 Å². The first kappa shape index (κ1) is 25.4. The molecular formula is C21H20Cl2INO6. The molecule has 0 bridgehead atoms. The van der Waals surface area contributed by atoms with E-state index >= 15 is 0 Å². The highest BCUT2D eigenvalue weighted by Crippen LogP contribution is 2.35. The predicted molar refractivity (Wildman–Crippen MR) is 124 cm³/mol. The van der Waals surface area contributed by atoms with Crippen molar-refractivity contribution in [3.63, 3.8) is 0 Å². The summed E-state index contributed by atoms with van der Waals surface area (Å²) in [7, 11) is 0. The quantitative estimate of drug-likeness (QED) is 0.284. The van der Waals surface area contributed by atoms with E-state index in [4.69, 9.17) is 47.7 Å². The summed E-state index contributed by atoms with van der Waals surface area (Å²) in [5.74, 6) is -3.83. The van der Waals surface area contributed by atoms with Gasteiger partial charge in [0.15, 0.2) is 0 Å². The molecule has 1 aliphatic heterocycles. The molecule has 2 aromatic carbocycles. The van der Waals surface area contributed by atoms with Gasteiger partial charge in [0.1, 0.15) is 6.61 Å². The zero-order chi connectivity index (χ0) is 23.0. The number of halogens is 3. The van der Waals surface area contributed by atoms with Gasteiger partial charge in [0.25, 0.3) is 0 Å². The third-order valence-corrected chi connectivity index (χ3v) is 6.24. The van der Waals surface area contributed by atoms with Crippen molar-refractivity contribution in [1.82, 2.24) is 5.32 Å². The molecule has 0 spiro atoms. The molecule has 0 amide bonds. The first-order valence-corrected chi connectivity index (χ1v) is 11.0. The van der Waals surface area contributed by atoms with Crippen LogP contribution in [0, 0.1) is 3.57 Å². The first-order chi connectivity index (χ1) is 14.7. The number of piperidine rings is 1. The van der Waals surface area contributed by atoms with E-state index in [2.05, 4.69) is 27.9 Å². The van der Waals surface area contributed by atoms with Crippen LogP contribution >= 0.6 is 45.8 Å². The minimum absolute atomic E-state index is 0.179. The third-order valence-electron chi connectivity index (χ3n) is 4.78. The largest absolute Gasteiger partial charge is 0.473 e. The number of carboxylic acids is 2. The topological polar surface area (TPSA) is 113 Å². The molecule has 0 radical (unpaired) electrons. The van der Waals surface area contributed by atoms with Crippen LogP contribution in [0.1, 0.15) is 24.0 Å². The Morgan fingerprint density at radius 2 is 1.55 bits per heavy atom. The van der Waals surface area contributed by atoms with Gasteiger partial charge in [-0.1, -0.05) is 41.4 Å². The van der Waals surface area contributed by atoms with E-state index in [1.807, 2.05) is 30.3 Å². The van der Waals surface area contributed by atoms with Crippen molar-refractivity contribution < 1.29 is 29.3 Å². The van der Waals surface area contributed by atoms with Crippen LogP contribution in [-0.4, -0.2) is 41.2 Å². The summed E-state index contributed by atoms with van der Waals surface area (Å²) in [5, 5.41) is 19.1. The van der Waals surface area contributed by atoms with Gasteiger partial charge in [-0.3, -0.25) is 4.79 Å². The molecule has 0 aromatic heterocycles. The van der Waals surface area contributed by atoms with Crippen molar-refractivity contribution in [3.05, 3.63) is 67.2 Å². The predicted octanol–water partition coefficient (Wildman–Crippen LogP) is 4.12. The van der Waals surface area contributed by atoms with E-state index in [0.29, 0.717) is 10.0 Å². The number of rotatable bonds is 4. The molecule has 0 saturated carbocycles. The van der Waals surface area contributed by atoms with Crippen LogP contribution < -0.4 is 5.32 Å². The lowest BCUT2D eigenvalue weighted by Crippen LogP contribution is -2.46. The first-order valence-electron chi connectivity index (χ1n) is 9.20. The molecule has 0 unspecified atom stereocenters. The molecule has 7 nitrogen and oxygen atoms in total. The van der Waals surface area contributed by atoms with Crippen molar-refractivity contribution in [3.8, 4) is 0 Å². The lowest BCUT2D eigenvalue weighted by molar-refractivity contribution is -0.159. The van der Waals surface area contributed by atoms with Crippen molar-refractivity contribution in [1.29, 1.82) is 0 Å². The fourth-order valence-corrected chi connectivity index (χ4v) is 3.83. The molecule has 2 aromatic rings. The van der Waals surface area contributed by atoms with Crippen LogP contribution in [0.3, 0.4) is 0 Å². The van der Waals surface area contributed by atoms with E-state index in [1.165, 1.54) is 0 Å². The van der Waals surface area contributed by atoms with Crippen molar-refractivity contribution >= 4 is 63.7 Å². The smallest absolute Gasteiger partial charge is 0.414 e. The van der Waals surface area contributed by atoms with Crippen molar-refractivity contribution in [2.75, 3.05) is 13.1 Å². The fourth-order valence-electron chi connectivity index (χ4n) is 3.15. The molecule has 1 fully saturated rings. The van der Waals surface area contributed by atoms with Gasteiger partial charge in [-0.25, -0.2) is 9.59 Å². The van der Waals surface area contributed by atoms with Gasteiger partial charge in [-0.05, 0) is 83.9 Å². The van der Waals surface area contributed by atoms with Crippen LogP contribution in [0.5, 0.6) is 0 Å². The van der Waals surface area contributed by atoms with Gasteiger partial charge < -0.3 is 20.3 Å². The number of carbonyl (C=O) groups is 3. The maximum atomic E-state index is 13.0. The normalized spacial score (nSPS) is 14.7. The molecule has 0 atom stereocenters. The molecule has 10 heteroatoms. The number of carboxylic acid groups (broad SMARTS) is 2. The third kappa shape index (κ3) is 7.06. The Bertz CT molecular complexity index is 933. The van der Waals surface area contributed by atoms with Gasteiger partial charge in [-0.2, -0.15) is 0 Å². The zero-order valence-electron chi connectivity index (χ0n) is 16.2. The monoisotopic (exact) mass is 579 g/mol. The Labute approximate surface area is 202 Å². The van der Waals surface area contributed by atoms with E-state index in [-0.39, 0.29) is 12.6 Å². The number of esters is 1. The Kier molecular flexibility index (Phi) is 9.54. The van der Waals surface area contributed by atoms with Gasteiger partial charge in [0.05, 0.1) is 15.5 Å². The summed E-state index contributed by atoms with van der Waals surface area (Å²) in [6.07, 6.45) is 1.46. The molecule has 1 saturated heterocycles. The molecule has 1 heterocycles. The molecule has 1 aliphatic rings. The Morgan fingerprint density at radius 1 is 0.968 bits per heavy atom. The van der Waals surface area contributed by atoms with E-state index in [0.717, 1.165) is 40.6 Å². The highest BCUT2D eigenvalue weighted by atomic mass is 127. The highest BCUT2D eigenvalue weighted by molar-refractivity contribution is 14.1. The summed E-state index contributed by atoms with van der Waals surface area (Å²) in [6.45, 7) is 1.79. The number of hydrogen-bond donors (Lipinski definition) is 3. The lowest BCUT2D eigenvalue weighted by Gasteiger charge is -2.35. The van der Waals surface area contributed by atoms with Gasteiger partial charge in [-0.15, -0.1) is 0 Å². The lowest BCUT2D eigenvalue weighted by atomic mass is 9.73. The van der Waals surface area contributed by atoms with Crippen molar-refractivity contribution in [2.45, 2.75) is 24.9 Å². The van der Waals surface area contributed by atoms with E-state index in [9.17, 15) is 4.79 Å². The minimum Gasteiger partial charge on any atom is -0.473 e. The highest BCUT2D eigenvalue weighted by Gasteiger charge is 2.42. The summed E-state index contributed by atoms with van der Waals surface area (Å²) in [5.41, 5.74) is 1.26. The average Bonchev–Trinajstić information content (AvgIpc) is 2.75. The number of nitrogens with one attached hydrogen (secondary N) is 1. The average molecular weight is 580 g/mol. The molecular weight excluding hydrogens is 560 g/mol. The second kappa shape index (κ2) is 11.7. The standard InChI is InChI=1S/C19H18Cl2INO2.C2H2O4/c20-16-6-1-13(11-17(16)21)12-25-18(24)19(7-9-23-10-8-19)14-2-4-15(22)5-3-14;3-1(4)2(5)6/h1-6,11,23H,7-10,12H2;(H,3,4)(H,5,6). The van der Waals surface area contributed by atoms with Crippen LogP contribution in [-0.2, 0) is 31.1 Å². The summed E-state index contributed by atoms with van der Waals surface area (Å²) in [4.78, 5) is 31.2. The Morgan fingerprint density at radius 3 is 2.06 bits per heavy atom. The number of aliphatic carboxylic acids is 2. The molecule has 31 heavy (non-hydrogen) atoms. The van der Waals surface area contributed by atoms with Crippen LogP contribution in [0.25, 0.3) is 0 Å². The molecule has 3 rings (SSSR count). The second-order valence-electron chi connectivity index (χ2n) is 6.77. The number of carbonyl (C=O) groups excluding carboxylic acids is 1. The Hall–Kier alpha value is -1.88. The maximum absolute atomic E-state index is 13.0. The van der Waals surface area contributed by atoms with E-state index < -0.39 is 17.4 Å². The summed E-state index contributed by atoms with van der Waals surface area (Å²) >= 11 is 14.2. The molecule has 166 valence electrons.